The van der Waals surface area contributed by atoms with E-state index in [-0.39, 0.29) is 11.8 Å². The van der Waals surface area contributed by atoms with Gasteiger partial charge in [-0.05, 0) is 30.7 Å². The maximum atomic E-state index is 13.2. The van der Waals surface area contributed by atoms with Crippen LogP contribution in [-0.4, -0.2) is 64.2 Å². The van der Waals surface area contributed by atoms with Crippen molar-refractivity contribution in [1.29, 1.82) is 0 Å². The summed E-state index contributed by atoms with van der Waals surface area (Å²) in [6, 6.07) is 4.89. The maximum Gasteiger partial charge on any atom is 0.328 e. The van der Waals surface area contributed by atoms with Gasteiger partial charge in [0.1, 0.15) is 12.1 Å². The van der Waals surface area contributed by atoms with Gasteiger partial charge in [-0.3, -0.25) is 14.4 Å². The second-order valence-electron chi connectivity index (χ2n) is 9.10. The number of hydrogen-bond acceptors (Lipinski definition) is 6. The first-order valence-corrected chi connectivity index (χ1v) is 12.0. The summed E-state index contributed by atoms with van der Waals surface area (Å²) in [5.74, 6) is -3.76. The number of nitrogens with one attached hydrogen (secondary N) is 3. The Morgan fingerprint density at radius 3 is 1.63 bits per heavy atom. The van der Waals surface area contributed by atoms with Crippen molar-refractivity contribution < 1.29 is 29.4 Å². The molecule has 0 bridgehead atoms. The Hall–Kier alpha value is -2.98. The number of hydrogen-bond donors (Lipinski definition) is 6. The van der Waals surface area contributed by atoms with Gasteiger partial charge in [-0.2, -0.15) is 0 Å². The molecule has 0 saturated carbocycles. The summed E-state index contributed by atoms with van der Waals surface area (Å²) in [4.78, 5) is 50.3. The number of carbonyl (C=O) groups is 4. The van der Waals surface area contributed by atoms with Crippen LogP contribution in [0.4, 0.5) is 0 Å². The molecular weight excluding hydrogens is 452 g/mol. The minimum atomic E-state index is -1.52. The number of aliphatic hydroxyl groups is 1. The average molecular weight is 493 g/mol. The Morgan fingerprint density at radius 1 is 0.800 bits per heavy atom. The van der Waals surface area contributed by atoms with Crippen LogP contribution < -0.4 is 21.7 Å². The smallest absolute Gasteiger partial charge is 0.328 e. The zero-order valence-electron chi connectivity index (χ0n) is 21.2. The first kappa shape index (κ1) is 30.1. The molecule has 0 aliphatic carbocycles. The Bertz CT molecular complexity index is 848. The lowest BCUT2D eigenvalue weighted by Crippen LogP contribution is -2.60. The molecular formula is C25H40N4O6. The standard InChI is InChI=1S/C25H40N4O6/c1-6-14(3)19(27-22(31)18(26)13-17-11-9-8-10-12-17)23(32)28-20(15(4)7-2)24(33)29-21(16(5)30)25(34)35/h8-12,14-16,18-21,30H,6-7,13,26H2,1-5H3,(H,27,31)(H,28,32)(H,29,33)(H,34,35). The van der Waals surface area contributed by atoms with Crippen molar-refractivity contribution >= 4 is 23.7 Å². The first-order chi connectivity index (χ1) is 16.4. The lowest BCUT2D eigenvalue weighted by Gasteiger charge is -2.30. The largest absolute Gasteiger partial charge is 0.480 e. The molecule has 10 heteroatoms. The summed E-state index contributed by atoms with van der Waals surface area (Å²) in [6.45, 7) is 8.51. The van der Waals surface area contributed by atoms with E-state index in [1.807, 2.05) is 44.2 Å². The van der Waals surface area contributed by atoms with Crippen LogP contribution in [0.5, 0.6) is 0 Å². The van der Waals surface area contributed by atoms with Gasteiger partial charge in [-0.1, -0.05) is 70.9 Å². The van der Waals surface area contributed by atoms with Crippen LogP contribution in [0.15, 0.2) is 30.3 Å². The third-order valence-corrected chi connectivity index (χ3v) is 6.27. The zero-order valence-corrected chi connectivity index (χ0v) is 21.2. The molecule has 7 unspecified atom stereocenters. The number of rotatable bonds is 14. The Labute approximate surface area is 207 Å². The van der Waals surface area contributed by atoms with E-state index in [9.17, 15) is 29.4 Å². The number of benzene rings is 1. The monoisotopic (exact) mass is 492 g/mol. The number of aliphatic carboxylic acids is 1. The summed E-state index contributed by atoms with van der Waals surface area (Å²) < 4.78 is 0. The predicted molar refractivity (Wildman–Crippen MR) is 132 cm³/mol. The molecule has 0 aliphatic heterocycles. The van der Waals surface area contributed by atoms with Crippen LogP contribution in [-0.2, 0) is 25.6 Å². The topological polar surface area (TPSA) is 171 Å². The van der Waals surface area contributed by atoms with Crippen LogP contribution in [0.1, 0.15) is 53.0 Å². The Balaban J connectivity index is 3.01. The number of aliphatic hydroxyl groups excluding tert-OH is 1. The van der Waals surface area contributed by atoms with Crippen LogP contribution in [0.3, 0.4) is 0 Å². The SMILES string of the molecule is CCC(C)C(NC(=O)C(N)Cc1ccccc1)C(=O)NC(C(=O)NC(C(=O)O)C(C)O)C(C)CC. The van der Waals surface area contributed by atoms with E-state index < -0.39 is 54.0 Å². The molecule has 7 N–H and O–H groups in total. The molecule has 3 amide bonds. The van der Waals surface area contributed by atoms with Gasteiger partial charge in [0.15, 0.2) is 6.04 Å². The van der Waals surface area contributed by atoms with Crippen molar-refractivity contribution in [3.8, 4) is 0 Å². The highest BCUT2D eigenvalue weighted by molar-refractivity contribution is 5.94. The van der Waals surface area contributed by atoms with Crippen LogP contribution in [0.25, 0.3) is 0 Å². The molecule has 0 spiro atoms. The van der Waals surface area contributed by atoms with Gasteiger partial charge in [0.05, 0.1) is 12.1 Å². The second-order valence-corrected chi connectivity index (χ2v) is 9.10. The van der Waals surface area contributed by atoms with E-state index in [0.29, 0.717) is 19.3 Å². The number of amides is 3. The van der Waals surface area contributed by atoms with Crippen molar-refractivity contribution in [1.82, 2.24) is 16.0 Å². The quantitative estimate of drug-likeness (QED) is 0.220. The average Bonchev–Trinajstić information content (AvgIpc) is 2.82. The van der Waals surface area contributed by atoms with Gasteiger partial charge in [-0.15, -0.1) is 0 Å². The third kappa shape index (κ3) is 9.29. The van der Waals surface area contributed by atoms with Gasteiger partial charge >= 0.3 is 5.97 Å². The van der Waals surface area contributed by atoms with Crippen molar-refractivity contribution in [2.24, 2.45) is 17.6 Å². The highest BCUT2D eigenvalue weighted by Gasteiger charge is 2.35. The van der Waals surface area contributed by atoms with Crippen LogP contribution in [0.2, 0.25) is 0 Å². The van der Waals surface area contributed by atoms with Crippen LogP contribution in [0, 0.1) is 11.8 Å². The van der Waals surface area contributed by atoms with Gasteiger partial charge in [0.25, 0.3) is 0 Å². The highest BCUT2D eigenvalue weighted by atomic mass is 16.4. The molecule has 0 aromatic heterocycles. The minimum Gasteiger partial charge on any atom is -0.480 e. The molecule has 7 atom stereocenters. The van der Waals surface area contributed by atoms with Gasteiger partial charge < -0.3 is 31.9 Å². The molecule has 1 aromatic carbocycles. The molecule has 0 radical (unpaired) electrons. The molecule has 10 nitrogen and oxygen atoms in total. The molecule has 0 saturated heterocycles. The van der Waals surface area contributed by atoms with E-state index in [0.717, 1.165) is 5.56 Å². The van der Waals surface area contributed by atoms with E-state index >= 15 is 0 Å². The van der Waals surface area contributed by atoms with Crippen LogP contribution >= 0.6 is 0 Å². The third-order valence-electron chi connectivity index (χ3n) is 6.27. The second kappa shape index (κ2) is 14.4. The summed E-state index contributed by atoms with van der Waals surface area (Å²) >= 11 is 0. The van der Waals surface area contributed by atoms with E-state index in [1.165, 1.54) is 6.92 Å². The predicted octanol–water partition coefficient (Wildman–Crippen LogP) is 0.568. The molecule has 1 aromatic rings. The number of carboxylic acid groups (broad SMARTS) is 1. The molecule has 196 valence electrons. The summed E-state index contributed by atoms with van der Waals surface area (Å²) in [6.07, 6.45) is 0.0703. The van der Waals surface area contributed by atoms with Crippen molar-refractivity contribution in [3.05, 3.63) is 35.9 Å². The lowest BCUT2D eigenvalue weighted by molar-refractivity contribution is -0.145. The maximum absolute atomic E-state index is 13.2. The summed E-state index contributed by atoms with van der Waals surface area (Å²) in [5.41, 5.74) is 6.97. The highest BCUT2D eigenvalue weighted by Crippen LogP contribution is 2.13. The molecule has 0 aliphatic rings. The minimum absolute atomic E-state index is 0.257. The fourth-order valence-electron chi connectivity index (χ4n) is 3.50. The number of nitrogens with two attached hydrogens (primary N) is 1. The van der Waals surface area contributed by atoms with E-state index in [1.54, 1.807) is 13.8 Å². The number of carbonyl (C=O) groups excluding carboxylic acids is 3. The zero-order chi connectivity index (χ0) is 26.7. The first-order valence-electron chi connectivity index (χ1n) is 12.0. The van der Waals surface area contributed by atoms with Crippen molar-refractivity contribution in [3.63, 3.8) is 0 Å². The molecule has 0 fully saturated rings. The normalized spacial score (nSPS) is 17.1. The fraction of sp³-hybridized carbons (Fsp3) is 0.600. The Morgan fingerprint density at radius 2 is 1.23 bits per heavy atom. The van der Waals surface area contributed by atoms with Crippen molar-refractivity contribution in [2.45, 2.75) is 84.2 Å². The van der Waals surface area contributed by atoms with E-state index in [2.05, 4.69) is 16.0 Å². The lowest BCUT2D eigenvalue weighted by atomic mass is 9.94. The molecule has 1 rings (SSSR count). The van der Waals surface area contributed by atoms with Crippen molar-refractivity contribution in [2.75, 3.05) is 0 Å². The Kier molecular flexibility index (Phi) is 12.4. The van der Waals surface area contributed by atoms with Gasteiger partial charge in [-0.25, -0.2) is 4.79 Å². The molecule has 35 heavy (non-hydrogen) atoms. The molecule has 0 heterocycles. The van der Waals surface area contributed by atoms with E-state index in [4.69, 9.17) is 5.73 Å². The van der Waals surface area contributed by atoms with Gasteiger partial charge in [0.2, 0.25) is 17.7 Å². The summed E-state index contributed by atoms with van der Waals surface area (Å²) in [7, 11) is 0. The summed E-state index contributed by atoms with van der Waals surface area (Å²) in [5, 5.41) is 26.7. The fourth-order valence-corrected chi connectivity index (χ4v) is 3.50. The number of carboxylic acids is 1. The van der Waals surface area contributed by atoms with Gasteiger partial charge in [0, 0.05) is 0 Å².